The average Bonchev–Trinajstić information content (AvgIpc) is 2.41. The topological polar surface area (TPSA) is 111 Å². The number of carbonyl (C=O) groups is 1. The molecule has 1 heterocycles. The lowest BCUT2D eigenvalue weighted by Gasteiger charge is -2.27. The van der Waals surface area contributed by atoms with Gasteiger partial charge in [0.25, 0.3) is 5.69 Å². The van der Waals surface area contributed by atoms with Gasteiger partial charge in [-0.25, -0.2) is 4.98 Å². The molecule has 2 rings (SSSR count). The maximum Gasteiger partial charge on any atom is 0.277 e. The average molecular weight is 278 g/mol. The molecule has 1 aliphatic carbocycles. The summed E-state index contributed by atoms with van der Waals surface area (Å²) in [7, 11) is 0. The number of aromatic nitrogens is 1. The molecule has 0 bridgehead atoms. The lowest BCUT2D eigenvalue weighted by atomic mass is 9.85. The zero-order valence-corrected chi connectivity index (χ0v) is 11.3. The van der Waals surface area contributed by atoms with Gasteiger partial charge < -0.3 is 11.1 Å². The highest BCUT2D eigenvalue weighted by molar-refractivity contribution is 5.76. The molecule has 3 N–H and O–H groups in total. The fraction of sp³-hybridized carbons (Fsp3) is 0.538. The monoisotopic (exact) mass is 278 g/mol. The molecule has 0 aromatic carbocycles. The van der Waals surface area contributed by atoms with Crippen molar-refractivity contribution >= 4 is 17.4 Å². The minimum absolute atomic E-state index is 0.0478. The van der Waals surface area contributed by atoms with Gasteiger partial charge in [-0.15, -0.1) is 0 Å². The Bertz CT molecular complexity index is 524. The highest BCUT2D eigenvalue weighted by atomic mass is 16.6. The molecule has 7 nitrogen and oxygen atoms in total. The van der Waals surface area contributed by atoms with E-state index in [1.165, 1.54) is 12.3 Å². The van der Waals surface area contributed by atoms with Crippen LogP contribution in [0.4, 0.5) is 11.5 Å². The van der Waals surface area contributed by atoms with Crippen LogP contribution in [0.1, 0.15) is 31.2 Å². The Hall–Kier alpha value is -2.18. The Morgan fingerprint density at radius 3 is 2.65 bits per heavy atom. The van der Waals surface area contributed by atoms with Gasteiger partial charge in [0.1, 0.15) is 5.82 Å². The van der Waals surface area contributed by atoms with Crippen LogP contribution in [0.2, 0.25) is 0 Å². The number of nitrogens with one attached hydrogen (secondary N) is 1. The van der Waals surface area contributed by atoms with E-state index in [0.717, 1.165) is 25.7 Å². The van der Waals surface area contributed by atoms with Crippen molar-refractivity contribution in [1.82, 2.24) is 4.98 Å². The lowest BCUT2D eigenvalue weighted by Crippen LogP contribution is -2.32. The van der Waals surface area contributed by atoms with Gasteiger partial charge in [0.2, 0.25) is 5.91 Å². The van der Waals surface area contributed by atoms with Crippen molar-refractivity contribution in [3.05, 3.63) is 27.9 Å². The predicted octanol–water partition coefficient (Wildman–Crippen LogP) is 1.75. The number of hydrogen-bond donors (Lipinski definition) is 2. The van der Waals surface area contributed by atoms with Crippen molar-refractivity contribution in [2.75, 3.05) is 5.32 Å². The van der Waals surface area contributed by atoms with Crippen LogP contribution >= 0.6 is 0 Å². The van der Waals surface area contributed by atoms with Crippen molar-refractivity contribution in [2.45, 2.75) is 38.6 Å². The molecule has 1 aromatic heterocycles. The van der Waals surface area contributed by atoms with Crippen molar-refractivity contribution in [3.8, 4) is 0 Å². The minimum Gasteiger partial charge on any atom is -0.369 e. The van der Waals surface area contributed by atoms with Gasteiger partial charge in [-0.1, -0.05) is 0 Å². The van der Waals surface area contributed by atoms with E-state index in [1.54, 1.807) is 6.92 Å². The minimum atomic E-state index is -0.411. The van der Waals surface area contributed by atoms with Crippen LogP contribution in [-0.2, 0) is 4.79 Å². The van der Waals surface area contributed by atoms with E-state index in [4.69, 9.17) is 5.73 Å². The molecule has 0 spiro atoms. The van der Waals surface area contributed by atoms with Crippen LogP contribution in [0.25, 0.3) is 0 Å². The Labute approximate surface area is 116 Å². The number of nitro groups is 1. The fourth-order valence-corrected chi connectivity index (χ4v) is 2.52. The van der Waals surface area contributed by atoms with Crippen molar-refractivity contribution in [3.63, 3.8) is 0 Å². The fourth-order valence-electron chi connectivity index (χ4n) is 2.52. The summed E-state index contributed by atoms with van der Waals surface area (Å²) in [5.74, 6) is 0.214. The third-order valence-corrected chi connectivity index (χ3v) is 3.75. The predicted molar refractivity (Wildman–Crippen MR) is 74.2 cm³/mol. The third kappa shape index (κ3) is 3.23. The maximum absolute atomic E-state index is 11.1. The van der Waals surface area contributed by atoms with E-state index in [2.05, 4.69) is 10.3 Å². The summed E-state index contributed by atoms with van der Waals surface area (Å²) in [6.07, 6.45) is 4.63. The van der Waals surface area contributed by atoms with Gasteiger partial charge in [0.15, 0.2) is 0 Å². The number of pyridine rings is 1. The summed E-state index contributed by atoms with van der Waals surface area (Å²) in [5, 5.41) is 14.1. The molecule has 108 valence electrons. The molecule has 0 radical (unpaired) electrons. The Morgan fingerprint density at radius 2 is 2.10 bits per heavy atom. The van der Waals surface area contributed by atoms with Crippen molar-refractivity contribution < 1.29 is 9.72 Å². The van der Waals surface area contributed by atoms with Gasteiger partial charge in [-0.2, -0.15) is 0 Å². The Morgan fingerprint density at radius 1 is 1.45 bits per heavy atom. The lowest BCUT2D eigenvalue weighted by molar-refractivity contribution is -0.385. The molecule has 0 unspecified atom stereocenters. The summed E-state index contributed by atoms with van der Waals surface area (Å²) in [6.45, 7) is 1.66. The van der Waals surface area contributed by atoms with Gasteiger partial charge in [-0.3, -0.25) is 14.9 Å². The van der Waals surface area contributed by atoms with E-state index in [-0.39, 0.29) is 23.6 Å². The normalized spacial score (nSPS) is 22.2. The molecule has 0 aliphatic heterocycles. The molecule has 0 atom stereocenters. The number of nitrogens with two attached hydrogens (primary N) is 1. The number of aryl methyl sites for hydroxylation is 1. The molecular weight excluding hydrogens is 260 g/mol. The number of rotatable bonds is 4. The highest BCUT2D eigenvalue weighted by Crippen LogP contribution is 2.27. The summed E-state index contributed by atoms with van der Waals surface area (Å²) in [5.41, 5.74) is 5.89. The van der Waals surface area contributed by atoms with E-state index in [9.17, 15) is 14.9 Å². The summed E-state index contributed by atoms with van der Waals surface area (Å²) < 4.78 is 0. The van der Waals surface area contributed by atoms with Crippen LogP contribution in [0.3, 0.4) is 0 Å². The van der Waals surface area contributed by atoms with Gasteiger partial charge >= 0.3 is 0 Å². The zero-order valence-electron chi connectivity index (χ0n) is 11.3. The quantitative estimate of drug-likeness (QED) is 0.643. The number of carbonyl (C=O) groups excluding carboxylic acids is 1. The van der Waals surface area contributed by atoms with Crippen LogP contribution < -0.4 is 11.1 Å². The van der Waals surface area contributed by atoms with Crippen LogP contribution in [0, 0.1) is 23.0 Å². The second-order valence-electron chi connectivity index (χ2n) is 5.21. The SMILES string of the molecule is Cc1cnc(NC2CCC(C(N)=O)CC2)cc1[N+](=O)[O-]. The Kier molecular flexibility index (Phi) is 4.16. The first-order valence-corrected chi connectivity index (χ1v) is 6.64. The van der Waals surface area contributed by atoms with Gasteiger partial charge in [0, 0.05) is 23.7 Å². The standard InChI is InChI=1S/C13H18N4O3/c1-8-7-15-12(6-11(8)17(19)20)16-10-4-2-9(3-5-10)13(14)18/h6-7,9-10H,2-5H2,1H3,(H2,14,18)(H,15,16). The molecular formula is C13H18N4O3. The molecule has 1 amide bonds. The summed E-state index contributed by atoms with van der Waals surface area (Å²) in [6, 6.07) is 1.63. The van der Waals surface area contributed by atoms with E-state index in [1.807, 2.05) is 0 Å². The number of amides is 1. The summed E-state index contributed by atoms with van der Waals surface area (Å²) in [4.78, 5) is 25.7. The smallest absolute Gasteiger partial charge is 0.277 e. The van der Waals surface area contributed by atoms with Gasteiger partial charge in [0.05, 0.1) is 11.0 Å². The molecule has 0 saturated heterocycles. The number of hydrogen-bond acceptors (Lipinski definition) is 5. The number of anilines is 1. The molecule has 1 fully saturated rings. The van der Waals surface area contributed by atoms with Gasteiger partial charge in [-0.05, 0) is 32.6 Å². The first kappa shape index (κ1) is 14.2. The number of nitrogens with zero attached hydrogens (tertiary/aromatic N) is 2. The molecule has 1 aliphatic rings. The highest BCUT2D eigenvalue weighted by Gasteiger charge is 2.25. The molecule has 7 heteroatoms. The van der Waals surface area contributed by atoms with E-state index < -0.39 is 4.92 Å². The molecule has 1 saturated carbocycles. The van der Waals surface area contributed by atoms with Crippen LogP contribution in [0.5, 0.6) is 0 Å². The first-order valence-electron chi connectivity index (χ1n) is 6.64. The van der Waals surface area contributed by atoms with Crippen molar-refractivity contribution in [1.29, 1.82) is 0 Å². The Balaban J connectivity index is 1.99. The first-order chi connectivity index (χ1) is 9.47. The number of primary amides is 1. The van der Waals surface area contributed by atoms with Crippen LogP contribution in [-0.4, -0.2) is 21.9 Å². The van der Waals surface area contributed by atoms with Crippen molar-refractivity contribution in [2.24, 2.45) is 11.7 Å². The summed E-state index contributed by atoms with van der Waals surface area (Å²) >= 11 is 0. The van der Waals surface area contributed by atoms with E-state index in [0.29, 0.717) is 11.4 Å². The molecule has 20 heavy (non-hydrogen) atoms. The zero-order chi connectivity index (χ0) is 14.7. The maximum atomic E-state index is 11.1. The second kappa shape index (κ2) is 5.85. The third-order valence-electron chi connectivity index (χ3n) is 3.75. The largest absolute Gasteiger partial charge is 0.369 e. The van der Waals surface area contributed by atoms with E-state index >= 15 is 0 Å². The second-order valence-corrected chi connectivity index (χ2v) is 5.21. The van der Waals surface area contributed by atoms with Crippen LogP contribution in [0.15, 0.2) is 12.3 Å². The molecule has 1 aromatic rings.